The molecule has 3 atom stereocenters. The van der Waals surface area contributed by atoms with Crippen LogP contribution >= 0.6 is 0 Å². The Morgan fingerprint density at radius 2 is 2.17 bits per heavy atom. The van der Waals surface area contributed by atoms with Crippen LogP contribution in [-0.2, 0) is 15.9 Å². The molecule has 0 unspecified atom stereocenters. The van der Waals surface area contributed by atoms with Crippen LogP contribution in [0, 0.1) is 0 Å². The van der Waals surface area contributed by atoms with Crippen molar-refractivity contribution in [1.82, 2.24) is 4.90 Å². The Morgan fingerprint density at radius 1 is 1.39 bits per heavy atom. The van der Waals surface area contributed by atoms with Gasteiger partial charge in [0.2, 0.25) is 0 Å². The van der Waals surface area contributed by atoms with Gasteiger partial charge in [-0.05, 0) is 51.2 Å². The van der Waals surface area contributed by atoms with Crippen LogP contribution in [0.3, 0.4) is 0 Å². The second-order valence-corrected chi connectivity index (χ2v) is 7.50. The summed E-state index contributed by atoms with van der Waals surface area (Å²) in [6, 6.07) is 8.71. The van der Waals surface area contributed by atoms with Crippen molar-refractivity contribution in [3.05, 3.63) is 35.4 Å². The third-order valence-corrected chi connectivity index (χ3v) is 4.52. The van der Waals surface area contributed by atoms with E-state index in [-0.39, 0.29) is 24.3 Å². The number of amides is 1. The highest BCUT2D eigenvalue weighted by molar-refractivity contribution is 5.69. The lowest BCUT2D eigenvalue weighted by Crippen LogP contribution is -2.42. The van der Waals surface area contributed by atoms with Gasteiger partial charge >= 0.3 is 6.09 Å². The van der Waals surface area contributed by atoms with Gasteiger partial charge in [-0.25, -0.2) is 4.79 Å². The van der Waals surface area contributed by atoms with E-state index in [1.54, 1.807) is 0 Å². The Labute approximate surface area is 138 Å². The van der Waals surface area contributed by atoms with Gasteiger partial charge in [0.25, 0.3) is 0 Å². The molecule has 126 valence electrons. The molecule has 0 aromatic heterocycles. The van der Waals surface area contributed by atoms with Crippen molar-refractivity contribution in [2.75, 3.05) is 6.54 Å². The average Bonchev–Trinajstić information content (AvgIpc) is 3.13. The van der Waals surface area contributed by atoms with Crippen LogP contribution in [0.25, 0.3) is 0 Å². The van der Waals surface area contributed by atoms with Gasteiger partial charge in [-0.1, -0.05) is 31.2 Å². The molecule has 1 aromatic rings. The molecule has 4 nitrogen and oxygen atoms in total. The van der Waals surface area contributed by atoms with E-state index in [1.807, 2.05) is 25.7 Å². The van der Waals surface area contributed by atoms with Crippen molar-refractivity contribution in [3.8, 4) is 0 Å². The number of hydrogen-bond donors (Lipinski definition) is 0. The normalized spacial score (nSPS) is 27.1. The Bertz CT molecular complexity index is 578. The Morgan fingerprint density at radius 3 is 2.87 bits per heavy atom. The monoisotopic (exact) mass is 317 g/mol. The van der Waals surface area contributed by atoms with Gasteiger partial charge in [0.1, 0.15) is 17.8 Å². The first-order valence-corrected chi connectivity index (χ1v) is 8.63. The molecular weight excluding hydrogens is 290 g/mol. The zero-order chi connectivity index (χ0) is 16.6. The third-order valence-electron chi connectivity index (χ3n) is 4.52. The number of epoxide rings is 1. The standard InChI is InChI=1S/C19H27NO3/c1-5-13-8-6-9-14(12-13)16-17(22-16)15-10-7-11-20(15)18(21)23-19(2,3)4/h6,8-9,12,15-17H,5,7,10-11H2,1-4H3/t15-,16+,17+/m1/s1. The van der Waals surface area contributed by atoms with E-state index < -0.39 is 5.60 Å². The smallest absolute Gasteiger partial charge is 0.410 e. The highest BCUT2D eigenvalue weighted by atomic mass is 16.6. The zero-order valence-corrected chi connectivity index (χ0v) is 14.5. The van der Waals surface area contributed by atoms with E-state index in [9.17, 15) is 4.79 Å². The quantitative estimate of drug-likeness (QED) is 0.789. The Kier molecular flexibility index (Phi) is 4.37. The SMILES string of the molecule is CCc1cccc([C@@H]2O[C@H]2[C@H]2CCCN2C(=O)OC(C)(C)C)c1. The second-order valence-electron chi connectivity index (χ2n) is 7.50. The summed E-state index contributed by atoms with van der Waals surface area (Å²) < 4.78 is 11.5. The zero-order valence-electron chi connectivity index (χ0n) is 14.5. The molecule has 2 fully saturated rings. The number of aryl methyl sites for hydroxylation is 1. The number of benzene rings is 1. The van der Waals surface area contributed by atoms with Gasteiger partial charge < -0.3 is 14.4 Å². The summed E-state index contributed by atoms with van der Waals surface area (Å²) >= 11 is 0. The molecule has 2 aliphatic rings. The summed E-state index contributed by atoms with van der Waals surface area (Å²) in [6.45, 7) is 8.64. The van der Waals surface area contributed by atoms with E-state index in [0.717, 1.165) is 25.8 Å². The van der Waals surface area contributed by atoms with Crippen LogP contribution in [0.2, 0.25) is 0 Å². The predicted molar refractivity (Wildman–Crippen MR) is 89.4 cm³/mol. The average molecular weight is 317 g/mol. The van der Waals surface area contributed by atoms with E-state index in [1.165, 1.54) is 11.1 Å². The van der Waals surface area contributed by atoms with E-state index in [4.69, 9.17) is 9.47 Å². The van der Waals surface area contributed by atoms with Gasteiger partial charge in [-0.3, -0.25) is 0 Å². The van der Waals surface area contributed by atoms with Crippen LogP contribution in [0.1, 0.15) is 57.8 Å². The number of ether oxygens (including phenoxy) is 2. The van der Waals surface area contributed by atoms with Gasteiger partial charge in [0.15, 0.2) is 0 Å². The molecule has 2 heterocycles. The number of carbonyl (C=O) groups excluding carboxylic acids is 1. The minimum atomic E-state index is -0.455. The first-order valence-electron chi connectivity index (χ1n) is 8.63. The third kappa shape index (κ3) is 3.69. The maximum Gasteiger partial charge on any atom is 0.410 e. The number of carbonyl (C=O) groups is 1. The number of hydrogen-bond acceptors (Lipinski definition) is 3. The maximum atomic E-state index is 12.4. The minimum absolute atomic E-state index is 0.108. The second kappa shape index (κ2) is 6.16. The first-order chi connectivity index (χ1) is 10.9. The van der Waals surface area contributed by atoms with Crippen molar-refractivity contribution >= 4 is 6.09 Å². The van der Waals surface area contributed by atoms with E-state index in [2.05, 4.69) is 31.2 Å². The lowest BCUT2D eigenvalue weighted by Gasteiger charge is -2.28. The Balaban J connectivity index is 1.66. The molecule has 4 heteroatoms. The fourth-order valence-corrected chi connectivity index (χ4v) is 3.36. The van der Waals surface area contributed by atoms with Crippen LogP contribution in [0.5, 0.6) is 0 Å². The van der Waals surface area contributed by atoms with Crippen molar-refractivity contribution < 1.29 is 14.3 Å². The number of nitrogens with zero attached hydrogens (tertiary/aromatic N) is 1. The molecule has 23 heavy (non-hydrogen) atoms. The Hall–Kier alpha value is -1.55. The molecule has 0 aliphatic carbocycles. The molecule has 1 aromatic carbocycles. The summed E-state index contributed by atoms with van der Waals surface area (Å²) in [6.07, 6.45) is 3.06. The van der Waals surface area contributed by atoms with Crippen molar-refractivity contribution in [2.24, 2.45) is 0 Å². The lowest BCUT2D eigenvalue weighted by atomic mass is 10.0. The highest BCUT2D eigenvalue weighted by Gasteiger charge is 2.51. The van der Waals surface area contributed by atoms with Crippen LogP contribution in [0.4, 0.5) is 4.79 Å². The van der Waals surface area contributed by atoms with Crippen LogP contribution in [-0.4, -0.2) is 35.3 Å². The highest BCUT2D eigenvalue weighted by Crippen LogP contribution is 2.45. The molecule has 2 aliphatic heterocycles. The number of likely N-dealkylation sites (tertiary alicyclic amines) is 1. The van der Waals surface area contributed by atoms with Gasteiger partial charge in [-0.15, -0.1) is 0 Å². The summed E-state index contributed by atoms with van der Waals surface area (Å²) in [5, 5.41) is 0. The van der Waals surface area contributed by atoms with Gasteiger partial charge in [0, 0.05) is 6.54 Å². The summed E-state index contributed by atoms with van der Waals surface area (Å²) in [4.78, 5) is 14.3. The topological polar surface area (TPSA) is 42.1 Å². The first kappa shape index (κ1) is 16.3. The molecular formula is C19H27NO3. The molecule has 0 saturated carbocycles. The van der Waals surface area contributed by atoms with Crippen molar-refractivity contribution in [3.63, 3.8) is 0 Å². The number of rotatable bonds is 3. The van der Waals surface area contributed by atoms with E-state index in [0.29, 0.717) is 0 Å². The predicted octanol–water partition coefficient (Wildman–Crippen LogP) is 4.09. The molecule has 0 N–H and O–H groups in total. The van der Waals surface area contributed by atoms with Crippen molar-refractivity contribution in [1.29, 1.82) is 0 Å². The molecule has 2 saturated heterocycles. The summed E-state index contributed by atoms with van der Waals surface area (Å²) in [5.41, 5.74) is 2.10. The maximum absolute atomic E-state index is 12.4. The molecule has 0 radical (unpaired) electrons. The lowest BCUT2D eigenvalue weighted by molar-refractivity contribution is 0.0204. The van der Waals surface area contributed by atoms with Crippen LogP contribution in [0.15, 0.2) is 24.3 Å². The fraction of sp³-hybridized carbons (Fsp3) is 0.632. The minimum Gasteiger partial charge on any atom is -0.444 e. The summed E-state index contributed by atoms with van der Waals surface area (Å²) in [7, 11) is 0. The van der Waals surface area contributed by atoms with E-state index >= 15 is 0 Å². The molecule has 3 rings (SSSR count). The largest absolute Gasteiger partial charge is 0.444 e. The molecule has 1 amide bonds. The van der Waals surface area contributed by atoms with Gasteiger partial charge in [-0.2, -0.15) is 0 Å². The summed E-state index contributed by atoms with van der Waals surface area (Å²) in [5.74, 6) is 0. The molecule has 0 bridgehead atoms. The fourth-order valence-electron chi connectivity index (χ4n) is 3.36. The van der Waals surface area contributed by atoms with Crippen LogP contribution < -0.4 is 0 Å². The van der Waals surface area contributed by atoms with Gasteiger partial charge in [0.05, 0.1) is 6.04 Å². The van der Waals surface area contributed by atoms with Crippen molar-refractivity contribution in [2.45, 2.75) is 70.8 Å². The molecule has 0 spiro atoms.